The summed E-state index contributed by atoms with van der Waals surface area (Å²) in [5, 5.41) is 14.7. The van der Waals surface area contributed by atoms with E-state index in [1.807, 2.05) is 0 Å². The van der Waals surface area contributed by atoms with Crippen LogP contribution in [0.5, 0.6) is 5.75 Å². The highest BCUT2D eigenvalue weighted by Crippen LogP contribution is 2.22. The van der Waals surface area contributed by atoms with Gasteiger partial charge in [0.2, 0.25) is 5.91 Å². The molecule has 8 nitrogen and oxygen atoms in total. The summed E-state index contributed by atoms with van der Waals surface area (Å²) in [5.41, 5.74) is 1.77. The normalized spacial score (nSPS) is 12.5. The molecule has 0 bridgehead atoms. The number of amides is 4. The van der Waals surface area contributed by atoms with Crippen molar-refractivity contribution in [3.63, 3.8) is 0 Å². The van der Waals surface area contributed by atoms with Gasteiger partial charge in [-0.1, -0.05) is 18.2 Å². The Morgan fingerprint density at radius 2 is 1.42 bits per heavy atom. The molecule has 154 valence electrons. The largest absolute Gasteiger partial charge is 0.508 e. The fraction of sp³-hybridized carbons (Fsp3) is 0.0435. The molecule has 0 radical (unpaired) electrons. The summed E-state index contributed by atoms with van der Waals surface area (Å²) >= 11 is 0. The van der Waals surface area contributed by atoms with Crippen LogP contribution in [0, 0.1) is 0 Å². The second-order valence-electron chi connectivity index (χ2n) is 6.87. The number of phenolic OH excluding ortho intramolecular Hbond substituents is 1. The van der Waals surface area contributed by atoms with Gasteiger partial charge in [0.15, 0.2) is 0 Å². The highest BCUT2D eigenvalue weighted by Gasteiger charge is 2.36. The van der Waals surface area contributed by atoms with Crippen molar-refractivity contribution in [1.29, 1.82) is 0 Å². The Kier molecular flexibility index (Phi) is 5.19. The van der Waals surface area contributed by atoms with Gasteiger partial charge in [-0.15, -0.1) is 0 Å². The number of aromatic hydroxyl groups is 1. The fourth-order valence-corrected chi connectivity index (χ4v) is 3.22. The molecule has 4 amide bonds. The van der Waals surface area contributed by atoms with Crippen LogP contribution in [0.25, 0.3) is 0 Å². The lowest BCUT2D eigenvalue weighted by molar-refractivity contribution is -0.116. The van der Waals surface area contributed by atoms with Crippen molar-refractivity contribution in [3.05, 3.63) is 89.5 Å². The van der Waals surface area contributed by atoms with Gasteiger partial charge in [0, 0.05) is 23.0 Å². The second-order valence-corrected chi connectivity index (χ2v) is 6.87. The molecule has 0 spiro atoms. The van der Waals surface area contributed by atoms with E-state index in [9.17, 15) is 24.3 Å². The van der Waals surface area contributed by atoms with E-state index in [1.165, 1.54) is 36.4 Å². The highest BCUT2D eigenvalue weighted by molar-refractivity contribution is 6.22. The van der Waals surface area contributed by atoms with Gasteiger partial charge in [0.1, 0.15) is 12.3 Å². The SMILES string of the molecule is O=C(CN1C(=O)c2ccccc2C1=O)Nc1ccc(C(=O)Nc2cccc(O)c2)cc1. The quantitative estimate of drug-likeness (QED) is 0.554. The van der Waals surface area contributed by atoms with E-state index in [0.29, 0.717) is 16.9 Å². The minimum absolute atomic E-state index is 0.0360. The first-order valence-electron chi connectivity index (χ1n) is 9.38. The molecular weight excluding hydrogens is 398 g/mol. The molecule has 1 aliphatic rings. The minimum Gasteiger partial charge on any atom is -0.508 e. The van der Waals surface area contributed by atoms with E-state index in [0.717, 1.165) is 4.90 Å². The first kappa shape index (κ1) is 19.8. The van der Waals surface area contributed by atoms with Gasteiger partial charge in [0.25, 0.3) is 17.7 Å². The molecule has 0 aliphatic carbocycles. The first-order valence-corrected chi connectivity index (χ1v) is 9.38. The second kappa shape index (κ2) is 8.11. The van der Waals surface area contributed by atoms with Crippen LogP contribution in [-0.2, 0) is 4.79 Å². The molecule has 3 N–H and O–H groups in total. The van der Waals surface area contributed by atoms with Gasteiger partial charge in [-0.05, 0) is 48.5 Å². The van der Waals surface area contributed by atoms with Crippen LogP contribution in [0.15, 0.2) is 72.8 Å². The molecule has 0 aromatic heterocycles. The summed E-state index contributed by atoms with van der Waals surface area (Å²) in [4.78, 5) is 50.3. The molecule has 1 aliphatic heterocycles. The summed E-state index contributed by atoms with van der Waals surface area (Å²) < 4.78 is 0. The van der Waals surface area contributed by atoms with Gasteiger partial charge in [-0.2, -0.15) is 0 Å². The Bertz CT molecular complexity index is 1170. The summed E-state index contributed by atoms with van der Waals surface area (Å²) in [7, 11) is 0. The van der Waals surface area contributed by atoms with Crippen molar-refractivity contribution in [1.82, 2.24) is 4.90 Å². The molecular formula is C23H17N3O5. The van der Waals surface area contributed by atoms with Gasteiger partial charge in [-0.25, -0.2) is 0 Å². The summed E-state index contributed by atoms with van der Waals surface area (Å²) in [6.07, 6.45) is 0. The van der Waals surface area contributed by atoms with Crippen LogP contribution in [0.4, 0.5) is 11.4 Å². The average molecular weight is 415 g/mol. The number of rotatable bonds is 5. The van der Waals surface area contributed by atoms with Crippen LogP contribution in [0.3, 0.4) is 0 Å². The van der Waals surface area contributed by atoms with Crippen LogP contribution < -0.4 is 10.6 Å². The van der Waals surface area contributed by atoms with E-state index >= 15 is 0 Å². The molecule has 0 fully saturated rings. The van der Waals surface area contributed by atoms with Crippen LogP contribution in [0.1, 0.15) is 31.1 Å². The van der Waals surface area contributed by atoms with Gasteiger partial charge >= 0.3 is 0 Å². The van der Waals surface area contributed by atoms with Crippen molar-refractivity contribution in [2.45, 2.75) is 0 Å². The van der Waals surface area contributed by atoms with Crippen molar-refractivity contribution >= 4 is 35.0 Å². The maximum Gasteiger partial charge on any atom is 0.262 e. The average Bonchev–Trinajstić information content (AvgIpc) is 2.99. The smallest absolute Gasteiger partial charge is 0.262 e. The molecule has 0 atom stereocenters. The molecule has 0 saturated carbocycles. The third-order valence-corrected chi connectivity index (χ3v) is 4.71. The molecule has 31 heavy (non-hydrogen) atoms. The fourth-order valence-electron chi connectivity index (χ4n) is 3.22. The predicted molar refractivity (Wildman–Crippen MR) is 113 cm³/mol. The number of nitrogens with zero attached hydrogens (tertiary/aromatic N) is 1. The predicted octanol–water partition coefficient (Wildman–Crippen LogP) is 2.88. The standard InChI is InChI=1S/C23H17N3O5/c27-17-5-3-4-16(12-17)25-21(29)14-8-10-15(11-9-14)24-20(28)13-26-22(30)18-6-1-2-7-19(18)23(26)31/h1-12,27H,13H2,(H,24,28)(H,25,29). The van der Waals surface area contributed by atoms with E-state index in [-0.39, 0.29) is 22.8 Å². The van der Waals surface area contributed by atoms with Gasteiger partial charge < -0.3 is 15.7 Å². The zero-order chi connectivity index (χ0) is 22.0. The monoisotopic (exact) mass is 415 g/mol. The van der Waals surface area contributed by atoms with Gasteiger partial charge in [-0.3, -0.25) is 24.1 Å². The number of nitrogens with one attached hydrogen (secondary N) is 2. The lowest BCUT2D eigenvalue weighted by Crippen LogP contribution is -2.37. The first-order chi connectivity index (χ1) is 14.9. The maximum atomic E-state index is 12.4. The number of hydrogen-bond donors (Lipinski definition) is 3. The van der Waals surface area contributed by atoms with Crippen LogP contribution in [0.2, 0.25) is 0 Å². The third kappa shape index (κ3) is 4.13. The number of carbonyl (C=O) groups excluding carboxylic acids is 4. The summed E-state index contributed by atoms with van der Waals surface area (Å²) in [6, 6.07) is 18.7. The Morgan fingerprint density at radius 3 is 2.03 bits per heavy atom. The number of hydrogen-bond acceptors (Lipinski definition) is 5. The third-order valence-electron chi connectivity index (χ3n) is 4.71. The number of phenols is 1. The van der Waals surface area contributed by atoms with Crippen LogP contribution >= 0.6 is 0 Å². The lowest BCUT2D eigenvalue weighted by Gasteiger charge is -2.14. The van der Waals surface area contributed by atoms with E-state index < -0.39 is 24.3 Å². The van der Waals surface area contributed by atoms with E-state index in [1.54, 1.807) is 36.4 Å². The molecule has 3 aromatic rings. The maximum absolute atomic E-state index is 12.4. The number of imide groups is 1. The van der Waals surface area contributed by atoms with Crippen molar-refractivity contribution in [2.24, 2.45) is 0 Å². The molecule has 0 saturated heterocycles. The summed E-state index contributed by atoms with van der Waals surface area (Å²) in [5.74, 6) is -1.89. The lowest BCUT2D eigenvalue weighted by atomic mass is 10.1. The molecule has 8 heteroatoms. The van der Waals surface area contributed by atoms with Crippen molar-refractivity contribution in [2.75, 3.05) is 17.2 Å². The minimum atomic E-state index is -0.536. The Hall–Kier alpha value is -4.46. The topological polar surface area (TPSA) is 116 Å². The zero-order valence-electron chi connectivity index (χ0n) is 16.2. The number of anilines is 2. The molecule has 4 rings (SSSR count). The Morgan fingerprint density at radius 1 is 0.774 bits per heavy atom. The number of carbonyl (C=O) groups is 4. The summed E-state index contributed by atoms with van der Waals surface area (Å²) in [6.45, 7) is -0.411. The Balaban J connectivity index is 1.37. The van der Waals surface area contributed by atoms with Crippen molar-refractivity contribution < 1.29 is 24.3 Å². The van der Waals surface area contributed by atoms with Crippen molar-refractivity contribution in [3.8, 4) is 5.75 Å². The molecule has 1 heterocycles. The molecule has 0 unspecified atom stereocenters. The number of benzene rings is 3. The molecule has 3 aromatic carbocycles. The Labute approximate surface area is 177 Å². The van der Waals surface area contributed by atoms with E-state index in [2.05, 4.69) is 10.6 Å². The van der Waals surface area contributed by atoms with Crippen LogP contribution in [-0.4, -0.2) is 40.2 Å². The van der Waals surface area contributed by atoms with E-state index in [4.69, 9.17) is 0 Å². The highest BCUT2D eigenvalue weighted by atomic mass is 16.3. The van der Waals surface area contributed by atoms with Gasteiger partial charge in [0.05, 0.1) is 11.1 Å². The zero-order valence-corrected chi connectivity index (χ0v) is 16.2. The number of fused-ring (bicyclic) bond motifs is 1.